The minimum absolute atomic E-state index is 0.113. The molecule has 0 radical (unpaired) electrons. The van der Waals surface area contributed by atoms with E-state index in [1.165, 1.54) is 0 Å². The summed E-state index contributed by atoms with van der Waals surface area (Å²) in [5.41, 5.74) is 13.6. The molecule has 3 rings (SSSR count). The van der Waals surface area contributed by atoms with Crippen molar-refractivity contribution in [2.45, 2.75) is 0 Å². The number of nitrogens with one attached hydrogen (secondary N) is 2. The van der Waals surface area contributed by atoms with Crippen molar-refractivity contribution in [1.29, 1.82) is 0 Å². The fourth-order valence-electron chi connectivity index (χ4n) is 2.31. The number of anilines is 3. The van der Waals surface area contributed by atoms with Crippen molar-refractivity contribution < 1.29 is 0 Å². The van der Waals surface area contributed by atoms with Gasteiger partial charge in [0.25, 0.3) is 0 Å². The number of hydrogen-bond acceptors (Lipinski definition) is 7. The molecule has 0 spiro atoms. The van der Waals surface area contributed by atoms with E-state index in [2.05, 4.69) is 31.0 Å². The summed E-state index contributed by atoms with van der Waals surface area (Å²) in [5, 5.41) is 8.19. The molecule has 0 saturated heterocycles. The fraction of sp³-hybridized carbons (Fsp3) is 0. The highest BCUT2D eigenvalue weighted by atomic mass is 15.3. The van der Waals surface area contributed by atoms with Crippen LogP contribution in [-0.4, -0.2) is 22.4 Å². The van der Waals surface area contributed by atoms with Crippen LogP contribution in [0.25, 0.3) is 12.2 Å². The van der Waals surface area contributed by atoms with Crippen molar-refractivity contribution in [3.05, 3.63) is 90.0 Å². The number of hydrogen-bond donors (Lipinski definition) is 3. The van der Waals surface area contributed by atoms with Crippen molar-refractivity contribution in [2.24, 2.45) is 10.2 Å². The molecule has 1 aromatic heterocycles. The van der Waals surface area contributed by atoms with Gasteiger partial charge in [-0.15, -0.1) is 0 Å². The van der Waals surface area contributed by atoms with Gasteiger partial charge in [-0.1, -0.05) is 72.8 Å². The second kappa shape index (κ2) is 10.8. The molecule has 3 aromatic rings. The summed E-state index contributed by atoms with van der Waals surface area (Å²) >= 11 is 0. The summed E-state index contributed by atoms with van der Waals surface area (Å²) in [6.07, 6.45) is 10.8. The average molecular weight is 383 g/mol. The van der Waals surface area contributed by atoms with Gasteiger partial charge in [0, 0.05) is 18.5 Å². The molecule has 1 heterocycles. The summed E-state index contributed by atoms with van der Waals surface area (Å²) < 4.78 is 0. The molecule has 0 saturated carbocycles. The fourth-order valence-corrected chi connectivity index (χ4v) is 2.31. The van der Waals surface area contributed by atoms with Crippen LogP contribution >= 0.6 is 0 Å². The van der Waals surface area contributed by atoms with Gasteiger partial charge in [0.15, 0.2) is 11.6 Å². The predicted molar refractivity (Wildman–Crippen MR) is 122 cm³/mol. The van der Waals surface area contributed by atoms with Crippen LogP contribution in [0.15, 0.2) is 89.1 Å². The molecule has 4 N–H and O–H groups in total. The predicted octanol–water partition coefficient (Wildman–Crippen LogP) is 4.28. The van der Waals surface area contributed by atoms with Gasteiger partial charge in [0.05, 0.1) is 0 Å². The third kappa shape index (κ3) is 7.10. The van der Waals surface area contributed by atoms with Gasteiger partial charge in [-0.05, 0) is 23.3 Å². The first-order valence-electron chi connectivity index (χ1n) is 8.96. The monoisotopic (exact) mass is 383 g/mol. The lowest BCUT2D eigenvalue weighted by molar-refractivity contribution is 1.13. The van der Waals surface area contributed by atoms with E-state index in [1.807, 2.05) is 85.0 Å². The zero-order chi connectivity index (χ0) is 20.2. The van der Waals surface area contributed by atoms with E-state index in [9.17, 15) is 0 Å². The number of rotatable bonds is 8. The Bertz CT molecular complexity index is 930. The highest BCUT2D eigenvalue weighted by Gasteiger charge is 2.00. The molecule has 0 unspecified atom stereocenters. The van der Waals surface area contributed by atoms with Crippen LogP contribution in [0.2, 0.25) is 0 Å². The van der Waals surface area contributed by atoms with Gasteiger partial charge >= 0.3 is 0 Å². The highest BCUT2D eigenvalue weighted by molar-refractivity contribution is 5.79. The Balaban J connectivity index is 1.52. The van der Waals surface area contributed by atoms with Gasteiger partial charge < -0.3 is 5.73 Å². The first-order chi connectivity index (χ1) is 14.3. The maximum atomic E-state index is 5.74. The molecule has 0 amide bonds. The molecular weight excluding hydrogens is 362 g/mol. The van der Waals surface area contributed by atoms with Crippen molar-refractivity contribution in [3.63, 3.8) is 0 Å². The Hall–Kier alpha value is -4.26. The van der Waals surface area contributed by atoms with Crippen LogP contribution in [0.1, 0.15) is 11.1 Å². The quantitative estimate of drug-likeness (QED) is 0.398. The first kappa shape index (κ1) is 19.5. The molecule has 0 aliphatic carbocycles. The zero-order valence-corrected chi connectivity index (χ0v) is 15.7. The van der Waals surface area contributed by atoms with Gasteiger partial charge in [-0.3, -0.25) is 10.9 Å². The van der Waals surface area contributed by atoms with E-state index in [4.69, 9.17) is 5.73 Å². The Labute approximate surface area is 169 Å². The van der Waals surface area contributed by atoms with Crippen LogP contribution in [0.4, 0.5) is 17.6 Å². The summed E-state index contributed by atoms with van der Waals surface area (Å²) in [7, 11) is 0. The SMILES string of the molecule is Nc1nc(NN=C/C=C/c2ccccc2)cc(NN=C/C=C/c2ccccc2)n1. The Morgan fingerprint density at radius 1 is 0.690 bits per heavy atom. The average Bonchev–Trinajstić information content (AvgIpc) is 2.74. The topological polar surface area (TPSA) is 101 Å². The number of nitrogen functional groups attached to an aromatic ring is 1. The number of nitrogens with two attached hydrogens (primary N) is 1. The van der Waals surface area contributed by atoms with Gasteiger partial charge in [-0.25, -0.2) is 0 Å². The molecule has 7 nitrogen and oxygen atoms in total. The van der Waals surface area contributed by atoms with Crippen molar-refractivity contribution in [1.82, 2.24) is 9.97 Å². The maximum Gasteiger partial charge on any atom is 0.224 e. The van der Waals surface area contributed by atoms with Crippen LogP contribution < -0.4 is 16.6 Å². The number of benzene rings is 2. The second-order valence-electron chi connectivity index (χ2n) is 5.82. The van der Waals surface area contributed by atoms with E-state index in [-0.39, 0.29) is 5.95 Å². The lowest BCUT2D eigenvalue weighted by Crippen LogP contribution is -2.02. The van der Waals surface area contributed by atoms with Crippen LogP contribution in [0, 0.1) is 0 Å². The van der Waals surface area contributed by atoms with E-state index in [0.29, 0.717) is 11.6 Å². The number of nitrogens with zero attached hydrogens (tertiary/aromatic N) is 4. The van der Waals surface area contributed by atoms with Gasteiger partial charge in [0.1, 0.15) is 0 Å². The highest BCUT2D eigenvalue weighted by Crippen LogP contribution is 2.12. The molecule has 7 heteroatoms. The normalized spacial score (nSPS) is 11.7. The van der Waals surface area contributed by atoms with E-state index in [1.54, 1.807) is 18.5 Å². The lowest BCUT2D eigenvalue weighted by Gasteiger charge is -2.03. The van der Waals surface area contributed by atoms with Crippen LogP contribution in [-0.2, 0) is 0 Å². The van der Waals surface area contributed by atoms with Crippen molar-refractivity contribution in [3.8, 4) is 0 Å². The summed E-state index contributed by atoms with van der Waals surface area (Å²) in [6.45, 7) is 0. The van der Waals surface area contributed by atoms with Gasteiger partial charge in [0.2, 0.25) is 5.95 Å². The summed E-state index contributed by atoms with van der Waals surface area (Å²) in [5.74, 6) is 1.03. The van der Waals surface area contributed by atoms with Gasteiger partial charge in [-0.2, -0.15) is 20.2 Å². The molecule has 0 atom stereocenters. The Morgan fingerprint density at radius 2 is 1.14 bits per heavy atom. The number of allylic oxidation sites excluding steroid dienone is 2. The van der Waals surface area contributed by atoms with E-state index < -0.39 is 0 Å². The van der Waals surface area contributed by atoms with E-state index in [0.717, 1.165) is 11.1 Å². The third-order valence-corrected chi connectivity index (χ3v) is 3.60. The minimum atomic E-state index is 0.113. The first-order valence-corrected chi connectivity index (χ1v) is 8.96. The standard InChI is InChI=1S/C22H21N7/c23-22-26-20(28-24-15-7-13-18-9-3-1-4-10-18)17-21(27-22)29-25-16-8-14-19-11-5-2-6-12-19/h1-17H,(H4,23,26,27,28,29)/b13-7+,14-8+,24-15?,25-16?. The second-order valence-corrected chi connectivity index (χ2v) is 5.82. The number of aromatic nitrogens is 2. The third-order valence-electron chi connectivity index (χ3n) is 3.60. The van der Waals surface area contributed by atoms with Crippen LogP contribution in [0.3, 0.4) is 0 Å². The molecule has 0 fully saturated rings. The molecule has 0 aliphatic heterocycles. The molecule has 0 aliphatic rings. The van der Waals surface area contributed by atoms with Crippen LogP contribution in [0.5, 0.6) is 0 Å². The molecular formula is C22H21N7. The Kier molecular flexibility index (Phi) is 7.25. The summed E-state index contributed by atoms with van der Waals surface area (Å²) in [4.78, 5) is 8.17. The smallest absolute Gasteiger partial charge is 0.224 e. The number of hydrazone groups is 2. The summed E-state index contributed by atoms with van der Waals surface area (Å²) in [6, 6.07) is 21.6. The lowest BCUT2D eigenvalue weighted by atomic mass is 10.2. The maximum absolute atomic E-state index is 5.74. The Morgan fingerprint density at radius 3 is 1.59 bits per heavy atom. The molecule has 144 valence electrons. The molecule has 2 aromatic carbocycles. The molecule has 29 heavy (non-hydrogen) atoms. The molecule has 0 bridgehead atoms. The largest absolute Gasteiger partial charge is 0.368 e. The zero-order valence-electron chi connectivity index (χ0n) is 15.7. The van der Waals surface area contributed by atoms with Crippen molar-refractivity contribution >= 4 is 42.2 Å². The minimum Gasteiger partial charge on any atom is -0.368 e. The van der Waals surface area contributed by atoms with Crippen molar-refractivity contribution in [2.75, 3.05) is 16.6 Å². The van der Waals surface area contributed by atoms with E-state index >= 15 is 0 Å².